The number of urea groups is 1. The van der Waals surface area contributed by atoms with E-state index < -0.39 is 6.10 Å². The van der Waals surface area contributed by atoms with Crippen molar-refractivity contribution in [2.45, 2.75) is 12.6 Å². The number of aliphatic hydroxyl groups excluding tert-OH is 1. The van der Waals surface area contributed by atoms with Gasteiger partial charge in [-0.2, -0.15) is 0 Å². The van der Waals surface area contributed by atoms with Crippen molar-refractivity contribution in [2.75, 3.05) is 30.1 Å². The van der Waals surface area contributed by atoms with E-state index in [9.17, 15) is 9.90 Å². The molecule has 0 saturated carbocycles. The zero-order valence-electron chi connectivity index (χ0n) is 10.1. The number of rotatable bonds is 4. The quantitative estimate of drug-likeness (QED) is 0.729. The maximum atomic E-state index is 11.6. The Balaban J connectivity index is 2.17. The lowest BCUT2D eigenvalue weighted by atomic mass is 10.1. The average molecular weight is 270 g/mol. The molecule has 98 valence electrons. The standard InChI is InChI=1S/C12H16ClN3O2/c1-16-7-8-3-2-4-10(11(8)15-12(16)18)14-6-9(17)5-13/h2-4,9,14,17H,5-7H2,1H3,(H,15,18). The molecule has 0 saturated heterocycles. The van der Waals surface area contributed by atoms with Crippen LogP contribution in [0.15, 0.2) is 18.2 Å². The number of hydrogen-bond donors (Lipinski definition) is 3. The number of aliphatic hydroxyl groups is 1. The first kappa shape index (κ1) is 13.0. The van der Waals surface area contributed by atoms with Crippen molar-refractivity contribution in [3.05, 3.63) is 23.8 Å². The lowest BCUT2D eigenvalue weighted by molar-refractivity contribution is 0.211. The zero-order valence-corrected chi connectivity index (χ0v) is 10.9. The van der Waals surface area contributed by atoms with Crippen LogP contribution in [0.1, 0.15) is 5.56 Å². The summed E-state index contributed by atoms with van der Waals surface area (Å²) in [6, 6.07) is 5.62. The Morgan fingerprint density at radius 2 is 2.39 bits per heavy atom. The molecule has 0 aromatic heterocycles. The highest BCUT2D eigenvalue weighted by Gasteiger charge is 2.21. The summed E-state index contributed by atoms with van der Waals surface area (Å²) in [5.74, 6) is 0.178. The van der Waals surface area contributed by atoms with Crippen LogP contribution in [0.5, 0.6) is 0 Å². The SMILES string of the molecule is CN1Cc2cccc(NCC(O)CCl)c2NC1=O. The second-order valence-electron chi connectivity index (χ2n) is 4.31. The zero-order chi connectivity index (χ0) is 13.1. The van der Waals surface area contributed by atoms with Crippen LogP contribution in [0.25, 0.3) is 0 Å². The Hall–Kier alpha value is -1.46. The predicted molar refractivity (Wildman–Crippen MR) is 72.1 cm³/mol. The highest BCUT2D eigenvalue weighted by Crippen LogP contribution is 2.30. The number of anilines is 2. The van der Waals surface area contributed by atoms with Gasteiger partial charge in [0.15, 0.2) is 0 Å². The van der Waals surface area contributed by atoms with E-state index in [1.54, 1.807) is 11.9 Å². The fourth-order valence-corrected chi connectivity index (χ4v) is 1.95. The summed E-state index contributed by atoms with van der Waals surface area (Å²) in [6.45, 7) is 0.931. The number of alkyl halides is 1. The minimum atomic E-state index is -0.607. The van der Waals surface area contributed by atoms with Crippen LogP contribution < -0.4 is 10.6 Å². The number of carbonyl (C=O) groups is 1. The van der Waals surface area contributed by atoms with Gasteiger partial charge in [0.2, 0.25) is 0 Å². The van der Waals surface area contributed by atoms with Crippen molar-refractivity contribution in [3.8, 4) is 0 Å². The van der Waals surface area contributed by atoms with Crippen molar-refractivity contribution in [1.82, 2.24) is 4.90 Å². The van der Waals surface area contributed by atoms with Crippen molar-refractivity contribution in [3.63, 3.8) is 0 Å². The van der Waals surface area contributed by atoms with E-state index in [4.69, 9.17) is 11.6 Å². The second kappa shape index (κ2) is 5.46. The Morgan fingerprint density at radius 1 is 1.61 bits per heavy atom. The van der Waals surface area contributed by atoms with Crippen molar-refractivity contribution in [1.29, 1.82) is 0 Å². The molecule has 1 atom stereocenters. The molecule has 1 aromatic carbocycles. The molecular formula is C12H16ClN3O2. The van der Waals surface area contributed by atoms with Crippen LogP contribution in [0.4, 0.5) is 16.2 Å². The van der Waals surface area contributed by atoms with Crippen molar-refractivity contribution >= 4 is 29.0 Å². The maximum Gasteiger partial charge on any atom is 0.321 e. The number of nitrogens with one attached hydrogen (secondary N) is 2. The number of amides is 2. The smallest absolute Gasteiger partial charge is 0.321 e. The van der Waals surface area contributed by atoms with Crippen LogP contribution in [0, 0.1) is 0 Å². The summed E-state index contributed by atoms with van der Waals surface area (Å²) >= 11 is 5.54. The van der Waals surface area contributed by atoms with Gasteiger partial charge in [0.1, 0.15) is 0 Å². The summed E-state index contributed by atoms with van der Waals surface area (Å²) in [5.41, 5.74) is 2.63. The number of para-hydroxylation sites is 1. The molecule has 2 amide bonds. The summed E-state index contributed by atoms with van der Waals surface area (Å²) in [5, 5.41) is 15.3. The molecule has 2 rings (SSSR count). The molecule has 18 heavy (non-hydrogen) atoms. The first-order valence-corrected chi connectivity index (χ1v) is 6.27. The van der Waals surface area contributed by atoms with E-state index >= 15 is 0 Å². The summed E-state index contributed by atoms with van der Waals surface area (Å²) < 4.78 is 0. The molecule has 1 aromatic rings. The highest BCUT2D eigenvalue weighted by atomic mass is 35.5. The van der Waals surface area contributed by atoms with Gasteiger partial charge in [-0.1, -0.05) is 12.1 Å². The van der Waals surface area contributed by atoms with Crippen LogP contribution >= 0.6 is 11.6 Å². The van der Waals surface area contributed by atoms with Gasteiger partial charge >= 0.3 is 6.03 Å². The van der Waals surface area contributed by atoms with Gasteiger partial charge in [0.25, 0.3) is 0 Å². The molecule has 0 radical (unpaired) electrons. The van der Waals surface area contributed by atoms with E-state index in [0.717, 1.165) is 16.9 Å². The molecule has 0 bridgehead atoms. The molecule has 1 aliphatic heterocycles. The summed E-state index contributed by atoms with van der Waals surface area (Å²) in [6.07, 6.45) is -0.607. The lowest BCUT2D eigenvalue weighted by Crippen LogP contribution is -2.36. The van der Waals surface area contributed by atoms with Gasteiger partial charge in [-0.15, -0.1) is 11.6 Å². The molecule has 6 heteroatoms. The second-order valence-corrected chi connectivity index (χ2v) is 4.62. The lowest BCUT2D eigenvalue weighted by Gasteiger charge is -2.28. The van der Waals surface area contributed by atoms with E-state index in [-0.39, 0.29) is 11.9 Å². The van der Waals surface area contributed by atoms with Crippen molar-refractivity contribution in [2.24, 2.45) is 0 Å². The molecule has 0 aliphatic carbocycles. The van der Waals surface area contributed by atoms with Gasteiger partial charge in [0.05, 0.1) is 23.4 Å². The van der Waals surface area contributed by atoms with Gasteiger partial charge < -0.3 is 20.6 Å². The van der Waals surface area contributed by atoms with Crippen LogP contribution in [0.2, 0.25) is 0 Å². The van der Waals surface area contributed by atoms with E-state index in [2.05, 4.69) is 10.6 Å². The van der Waals surface area contributed by atoms with Crippen LogP contribution in [0.3, 0.4) is 0 Å². The van der Waals surface area contributed by atoms with E-state index in [0.29, 0.717) is 13.1 Å². The third-order valence-corrected chi connectivity index (χ3v) is 3.20. The normalized spacial score (nSPS) is 15.9. The number of halogens is 1. The van der Waals surface area contributed by atoms with Crippen LogP contribution in [-0.4, -0.2) is 41.6 Å². The number of nitrogens with zero attached hydrogens (tertiary/aromatic N) is 1. The molecule has 0 fully saturated rings. The molecule has 1 aliphatic rings. The minimum Gasteiger partial charge on any atom is -0.390 e. The van der Waals surface area contributed by atoms with Crippen molar-refractivity contribution < 1.29 is 9.90 Å². The molecule has 3 N–H and O–H groups in total. The topological polar surface area (TPSA) is 64.6 Å². The van der Waals surface area contributed by atoms with Crippen LogP contribution in [-0.2, 0) is 6.54 Å². The first-order chi connectivity index (χ1) is 8.61. The summed E-state index contributed by atoms with van der Waals surface area (Å²) in [7, 11) is 1.75. The third kappa shape index (κ3) is 2.68. The number of fused-ring (bicyclic) bond motifs is 1. The fourth-order valence-electron chi connectivity index (χ4n) is 1.84. The van der Waals surface area contributed by atoms with Gasteiger partial charge in [-0.25, -0.2) is 4.79 Å². The molecule has 1 unspecified atom stereocenters. The number of benzene rings is 1. The fraction of sp³-hybridized carbons (Fsp3) is 0.417. The Bertz CT molecular complexity index is 453. The summed E-state index contributed by atoms with van der Waals surface area (Å²) in [4.78, 5) is 13.2. The minimum absolute atomic E-state index is 0.130. The molecule has 1 heterocycles. The predicted octanol–water partition coefficient (Wildman–Crippen LogP) is 1.68. The van der Waals surface area contributed by atoms with Gasteiger partial charge in [0, 0.05) is 20.1 Å². The Morgan fingerprint density at radius 3 is 3.11 bits per heavy atom. The molecule has 0 spiro atoms. The van der Waals surface area contributed by atoms with E-state index in [1.807, 2.05) is 18.2 Å². The Kier molecular flexibility index (Phi) is 3.93. The first-order valence-electron chi connectivity index (χ1n) is 5.73. The highest BCUT2D eigenvalue weighted by molar-refractivity contribution is 6.18. The monoisotopic (exact) mass is 269 g/mol. The third-order valence-electron chi connectivity index (χ3n) is 2.84. The van der Waals surface area contributed by atoms with E-state index in [1.165, 1.54) is 0 Å². The number of hydrogen-bond acceptors (Lipinski definition) is 3. The molecule has 5 nitrogen and oxygen atoms in total. The van der Waals surface area contributed by atoms with Gasteiger partial charge in [-0.3, -0.25) is 0 Å². The molecular weight excluding hydrogens is 254 g/mol. The average Bonchev–Trinajstić information content (AvgIpc) is 2.37. The van der Waals surface area contributed by atoms with Gasteiger partial charge in [-0.05, 0) is 11.6 Å². The Labute approximate surface area is 111 Å². The number of carbonyl (C=O) groups excluding carboxylic acids is 1. The maximum absolute atomic E-state index is 11.6. The largest absolute Gasteiger partial charge is 0.390 e.